The minimum atomic E-state index is 0.936. The molecule has 0 atom stereocenters. The van der Waals surface area contributed by atoms with E-state index in [1.54, 1.807) is 23.5 Å². The Morgan fingerprint density at radius 2 is 1.40 bits per heavy atom. The van der Waals surface area contributed by atoms with E-state index in [4.69, 9.17) is 10.8 Å². The molecule has 0 spiro atoms. The van der Waals surface area contributed by atoms with Crippen LogP contribution in [-0.4, -0.2) is 23.9 Å². The van der Waals surface area contributed by atoms with Crippen LogP contribution in [0.15, 0.2) is 9.81 Å². The Hall–Kier alpha value is -0.220. The molecule has 1 rings (SSSR count). The van der Waals surface area contributed by atoms with Gasteiger partial charge in [-0.3, -0.25) is 0 Å². The van der Waals surface area contributed by atoms with Crippen LogP contribution >= 0.6 is 23.5 Å². The number of hydrogen-bond acceptors (Lipinski definition) is 4. The van der Waals surface area contributed by atoms with E-state index >= 15 is 0 Å². The standard InChI is InChI=1S/C6H8N2S2/c7-3-5-6(4-8)10-2-1-9-5/h3-4,7-8H,1-2H2. The molecule has 0 bridgehead atoms. The average molecular weight is 172 g/mol. The van der Waals surface area contributed by atoms with Gasteiger partial charge < -0.3 is 10.8 Å². The highest BCUT2D eigenvalue weighted by Gasteiger charge is 2.08. The first-order valence-corrected chi connectivity index (χ1v) is 4.86. The molecule has 1 heterocycles. The van der Waals surface area contributed by atoms with E-state index in [9.17, 15) is 0 Å². The van der Waals surface area contributed by atoms with Gasteiger partial charge in [0.25, 0.3) is 0 Å². The maximum atomic E-state index is 7.01. The molecule has 0 aromatic heterocycles. The summed E-state index contributed by atoms with van der Waals surface area (Å²) in [6, 6.07) is 0. The Balaban J connectivity index is 2.81. The highest BCUT2D eigenvalue weighted by Crippen LogP contribution is 2.30. The Morgan fingerprint density at radius 1 is 1.00 bits per heavy atom. The zero-order chi connectivity index (χ0) is 7.40. The second kappa shape index (κ2) is 3.83. The molecule has 0 saturated carbocycles. The minimum Gasteiger partial charge on any atom is -0.308 e. The molecule has 0 aromatic carbocycles. The van der Waals surface area contributed by atoms with E-state index in [2.05, 4.69) is 0 Å². The number of allylic oxidation sites excluding steroid dienone is 2. The van der Waals surface area contributed by atoms with Gasteiger partial charge in [0, 0.05) is 33.7 Å². The van der Waals surface area contributed by atoms with Gasteiger partial charge in [-0.2, -0.15) is 0 Å². The van der Waals surface area contributed by atoms with Crippen molar-refractivity contribution in [2.24, 2.45) is 0 Å². The van der Waals surface area contributed by atoms with E-state index in [1.165, 1.54) is 12.4 Å². The summed E-state index contributed by atoms with van der Waals surface area (Å²) in [5.74, 6) is 2.12. The van der Waals surface area contributed by atoms with Crippen molar-refractivity contribution >= 4 is 36.0 Å². The molecule has 1 aliphatic rings. The highest BCUT2D eigenvalue weighted by molar-refractivity contribution is 8.11. The average Bonchev–Trinajstić information content (AvgIpc) is 2.04. The number of nitrogens with one attached hydrogen (secondary N) is 2. The first-order valence-electron chi connectivity index (χ1n) is 2.89. The van der Waals surface area contributed by atoms with Crippen LogP contribution < -0.4 is 0 Å². The van der Waals surface area contributed by atoms with Gasteiger partial charge in [-0.1, -0.05) is 0 Å². The summed E-state index contributed by atoms with van der Waals surface area (Å²) in [5.41, 5.74) is 0. The topological polar surface area (TPSA) is 47.7 Å². The summed E-state index contributed by atoms with van der Waals surface area (Å²) in [4.78, 5) is 1.87. The Morgan fingerprint density at radius 3 is 1.70 bits per heavy atom. The zero-order valence-corrected chi connectivity index (χ0v) is 7.02. The molecule has 0 unspecified atom stereocenters. The maximum Gasteiger partial charge on any atom is 0.0400 e. The van der Waals surface area contributed by atoms with Gasteiger partial charge in [-0.05, 0) is 0 Å². The summed E-state index contributed by atoms with van der Waals surface area (Å²) >= 11 is 3.32. The second-order valence-corrected chi connectivity index (χ2v) is 3.99. The van der Waals surface area contributed by atoms with Crippen LogP contribution in [0.1, 0.15) is 0 Å². The Labute approximate surface area is 68.5 Å². The van der Waals surface area contributed by atoms with E-state index < -0.39 is 0 Å². The summed E-state index contributed by atoms with van der Waals surface area (Å²) in [6.07, 6.45) is 2.66. The molecule has 0 fully saturated rings. The van der Waals surface area contributed by atoms with Gasteiger partial charge in [0.15, 0.2) is 0 Å². The maximum absolute atomic E-state index is 7.01. The van der Waals surface area contributed by atoms with Crippen LogP contribution in [0.2, 0.25) is 0 Å². The fourth-order valence-electron chi connectivity index (χ4n) is 0.671. The van der Waals surface area contributed by atoms with Gasteiger partial charge in [0.1, 0.15) is 0 Å². The predicted molar refractivity (Wildman–Crippen MR) is 49.5 cm³/mol. The number of thioether (sulfide) groups is 2. The van der Waals surface area contributed by atoms with Crippen molar-refractivity contribution < 1.29 is 0 Å². The zero-order valence-electron chi connectivity index (χ0n) is 5.39. The second-order valence-electron chi connectivity index (χ2n) is 1.71. The lowest BCUT2D eigenvalue weighted by molar-refractivity contribution is 1.52. The lowest BCUT2D eigenvalue weighted by Crippen LogP contribution is -1.98. The lowest BCUT2D eigenvalue weighted by Gasteiger charge is -2.11. The van der Waals surface area contributed by atoms with Crippen LogP contribution in [0.3, 0.4) is 0 Å². The van der Waals surface area contributed by atoms with Gasteiger partial charge >= 0.3 is 0 Å². The third-order valence-corrected chi connectivity index (χ3v) is 3.61. The molecule has 0 aromatic rings. The van der Waals surface area contributed by atoms with Crippen molar-refractivity contribution in [3.8, 4) is 0 Å². The summed E-state index contributed by atoms with van der Waals surface area (Å²) in [5, 5.41) is 14.0. The van der Waals surface area contributed by atoms with E-state index in [0.717, 1.165) is 21.3 Å². The Kier molecular flexibility index (Phi) is 3.02. The van der Waals surface area contributed by atoms with Crippen molar-refractivity contribution in [2.45, 2.75) is 0 Å². The molecule has 0 radical (unpaired) electrons. The van der Waals surface area contributed by atoms with Crippen LogP contribution in [0.25, 0.3) is 0 Å². The quantitative estimate of drug-likeness (QED) is 0.626. The lowest BCUT2D eigenvalue weighted by atomic mass is 10.5. The molecule has 4 heteroatoms. The van der Waals surface area contributed by atoms with Crippen molar-refractivity contribution in [1.29, 1.82) is 10.8 Å². The van der Waals surface area contributed by atoms with Gasteiger partial charge in [0.05, 0.1) is 0 Å². The molecule has 0 amide bonds. The minimum absolute atomic E-state index is 0.936. The summed E-state index contributed by atoms with van der Waals surface area (Å²) < 4.78 is 0. The first-order chi connectivity index (χ1) is 4.88. The largest absolute Gasteiger partial charge is 0.308 e. The van der Waals surface area contributed by atoms with Gasteiger partial charge in [-0.15, -0.1) is 23.5 Å². The fraction of sp³-hybridized carbons (Fsp3) is 0.333. The van der Waals surface area contributed by atoms with Gasteiger partial charge in [0.2, 0.25) is 0 Å². The normalized spacial score (nSPS) is 18.8. The molecule has 10 heavy (non-hydrogen) atoms. The smallest absolute Gasteiger partial charge is 0.0400 e. The van der Waals surface area contributed by atoms with E-state index in [1.807, 2.05) is 0 Å². The molecule has 54 valence electrons. The highest BCUT2D eigenvalue weighted by atomic mass is 32.2. The molecular formula is C6H8N2S2. The third-order valence-electron chi connectivity index (χ3n) is 1.10. The molecular weight excluding hydrogens is 164 g/mol. The van der Waals surface area contributed by atoms with E-state index in [0.29, 0.717) is 0 Å². The van der Waals surface area contributed by atoms with Crippen molar-refractivity contribution in [1.82, 2.24) is 0 Å². The van der Waals surface area contributed by atoms with Crippen LogP contribution in [-0.2, 0) is 0 Å². The molecule has 0 aliphatic carbocycles. The SMILES string of the molecule is N=CC1=C(C=N)SCCS1. The number of rotatable bonds is 2. The Bertz CT molecular complexity index is 166. The summed E-state index contributed by atoms with van der Waals surface area (Å²) in [7, 11) is 0. The summed E-state index contributed by atoms with van der Waals surface area (Å²) in [6.45, 7) is 0. The van der Waals surface area contributed by atoms with E-state index in [-0.39, 0.29) is 0 Å². The monoisotopic (exact) mass is 172 g/mol. The predicted octanol–water partition coefficient (Wildman–Crippen LogP) is 1.98. The van der Waals surface area contributed by atoms with Crippen LogP contribution in [0.5, 0.6) is 0 Å². The van der Waals surface area contributed by atoms with Crippen molar-refractivity contribution in [2.75, 3.05) is 11.5 Å². The fourth-order valence-corrected chi connectivity index (χ4v) is 2.70. The molecule has 1 aliphatic heterocycles. The van der Waals surface area contributed by atoms with Crippen LogP contribution in [0.4, 0.5) is 0 Å². The number of hydrogen-bond donors (Lipinski definition) is 2. The molecule has 2 nitrogen and oxygen atoms in total. The van der Waals surface area contributed by atoms with Gasteiger partial charge in [-0.25, -0.2) is 0 Å². The van der Waals surface area contributed by atoms with Crippen LogP contribution in [0, 0.1) is 10.8 Å². The first kappa shape index (κ1) is 7.88. The molecule has 0 saturated heterocycles. The third kappa shape index (κ3) is 1.64. The van der Waals surface area contributed by atoms with Crippen molar-refractivity contribution in [3.05, 3.63) is 9.81 Å². The molecule has 2 N–H and O–H groups in total. The van der Waals surface area contributed by atoms with Crippen molar-refractivity contribution in [3.63, 3.8) is 0 Å².